The first-order valence-corrected chi connectivity index (χ1v) is 8.04. The van der Waals surface area contributed by atoms with Crippen molar-refractivity contribution >= 4 is 29.0 Å². The predicted molar refractivity (Wildman–Crippen MR) is 92.6 cm³/mol. The Balaban J connectivity index is 2.08. The summed E-state index contributed by atoms with van der Waals surface area (Å²) in [4.78, 5) is 12.4. The Bertz CT molecular complexity index is 892. The molecule has 0 aliphatic rings. The lowest BCUT2D eigenvalue weighted by atomic mass is 9.99. The molecule has 0 bridgehead atoms. The van der Waals surface area contributed by atoms with Crippen LogP contribution in [-0.2, 0) is 4.79 Å². The summed E-state index contributed by atoms with van der Waals surface area (Å²) in [5, 5.41) is 19.0. The number of halogens is 3. The van der Waals surface area contributed by atoms with Gasteiger partial charge >= 0.3 is 5.60 Å². The molecule has 0 radical (unpaired) electrons. The highest BCUT2D eigenvalue weighted by Gasteiger charge is 2.42. The molecule has 132 valence electrons. The van der Waals surface area contributed by atoms with Crippen molar-refractivity contribution in [1.29, 1.82) is 10.5 Å². The van der Waals surface area contributed by atoms with Gasteiger partial charge in [-0.05, 0) is 30.3 Å². The van der Waals surface area contributed by atoms with Crippen molar-refractivity contribution < 1.29 is 18.7 Å². The highest BCUT2D eigenvalue weighted by atomic mass is 35.5. The van der Waals surface area contributed by atoms with Crippen LogP contribution < -0.4 is 9.47 Å². The second kappa shape index (κ2) is 8.53. The SMILES string of the molecule is N#CC(C#N)(Oc1ccccc1Cl)C(=O)CCOc1ccc(Cl)cc1F. The number of hydrogen-bond acceptors (Lipinski definition) is 5. The van der Waals surface area contributed by atoms with Gasteiger partial charge in [0.15, 0.2) is 11.6 Å². The molecule has 0 saturated carbocycles. The van der Waals surface area contributed by atoms with E-state index in [1.54, 1.807) is 24.3 Å². The van der Waals surface area contributed by atoms with Crippen LogP contribution in [0.3, 0.4) is 0 Å². The Kier molecular flexibility index (Phi) is 6.41. The van der Waals surface area contributed by atoms with Crippen LogP contribution in [0.2, 0.25) is 10.0 Å². The minimum Gasteiger partial charge on any atom is -0.490 e. The lowest BCUT2D eigenvalue weighted by molar-refractivity contribution is -0.127. The molecule has 0 saturated heterocycles. The molecule has 0 unspecified atom stereocenters. The topological polar surface area (TPSA) is 83.1 Å². The highest BCUT2D eigenvalue weighted by Crippen LogP contribution is 2.28. The lowest BCUT2D eigenvalue weighted by Crippen LogP contribution is -2.42. The number of Topliss-reactive ketones (excluding diaryl/α,β-unsaturated/α-hetero) is 1. The number of para-hydroxylation sites is 1. The maximum atomic E-state index is 13.6. The van der Waals surface area contributed by atoms with E-state index in [1.807, 2.05) is 0 Å². The van der Waals surface area contributed by atoms with Crippen LogP contribution in [0.1, 0.15) is 6.42 Å². The van der Waals surface area contributed by atoms with Gasteiger partial charge in [-0.15, -0.1) is 0 Å². The van der Waals surface area contributed by atoms with Gasteiger partial charge in [0.2, 0.25) is 5.78 Å². The third-order valence-corrected chi connectivity index (χ3v) is 3.84. The van der Waals surface area contributed by atoms with Crippen LogP contribution in [0.4, 0.5) is 4.39 Å². The van der Waals surface area contributed by atoms with Crippen molar-refractivity contribution in [2.24, 2.45) is 0 Å². The number of nitriles is 2. The second-order valence-corrected chi connectivity index (χ2v) is 5.88. The molecule has 2 aromatic rings. The summed E-state index contributed by atoms with van der Waals surface area (Å²) in [6.07, 6.45) is -0.354. The van der Waals surface area contributed by atoms with Crippen LogP contribution >= 0.6 is 23.2 Å². The van der Waals surface area contributed by atoms with E-state index >= 15 is 0 Å². The average Bonchev–Trinajstić information content (AvgIpc) is 2.63. The minimum atomic E-state index is -2.38. The van der Waals surface area contributed by atoms with Crippen molar-refractivity contribution in [2.75, 3.05) is 6.61 Å². The molecule has 0 amide bonds. The number of ether oxygens (including phenoxy) is 2. The molecule has 0 fully saturated rings. The Morgan fingerprint density at radius 1 is 1.12 bits per heavy atom. The first kappa shape index (κ1) is 19.5. The van der Waals surface area contributed by atoms with Gasteiger partial charge in [0.1, 0.15) is 17.9 Å². The number of hydrogen-bond donors (Lipinski definition) is 0. The number of nitrogens with zero attached hydrogens (tertiary/aromatic N) is 2. The van der Waals surface area contributed by atoms with E-state index in [9.17, 15) is 19.7 Å². The molecule has 0 N–H and O–H groups in total. The summed E-state index contributed by atoms with van der Waals surface area (Å²) >= 11 is 11.6. The van der Waals surface area contributed by atoms with Gasteiger partial charge in [0.05, 0.1) is 11.6 Å². The summed E-state index contributed by atoms with van der Waals surface area (Å²) in [5.41, 5.74) is -2.38. The van der Waals surface area contributed by atoms with Crippen molar-refractivity contribution in [3.05, 3.63) is 58.3 Å². The first-order valence-electron chi connectivity index (χ1n) is 7.29. The minimum absolute atomic E-state index is 0.0234. The lowest BCUT2D eigenvalue weighted by Gasteiger charge is -2.20. The van der Waals surface area contributed by atoms with Crippen LogP contribution in [0.25, 0.3) is 0 Å². The van der Waals surface area contributed by atoms with Gasteiger partial charge in [0.25, 0.3) is 0 Å². The molecule has 0 aliphatic heterocycles. The van der Waals surface area contributed by atoms with Gasteiger partial charge in [-0.3, -0.25) is 4.79 Å². The second-order valence-electron chi connectivity index (χ2n) is 5.03. The monoisotopic (exact) mass is 392 g/mol. The maximum Gasteiger partial charge on any atom is 0.338 e. The molecule has 0 aromatic heterocycles. The third-order valence-electron chi connectivity index (χ3n) is 3.29. The van der Waals surface area contributed by atoms with Gasteiger partial charge in [-0.25, -0.2) is 4.39 Å². The van der Waals surface area contributed by atoms with Crippen molar-refractivity contribution in [3.63, 3.8) is 0 Å². The standard InChI is InChI=1S/C18H11Cl2FN2O3/c19-12-5-6-16(14(21)9-12)25-8-7-17(24)18(10-22,11-23)26-15-4-2-1-3-13(15)20/h1-6,9H,7-8H2. The zero-order chi connectivity index (χ0) is 19.2. The average molecular weight is 393 g/mol. The Hall–Kier alpha value is -2.80. The quantitative estimate of drug-likeness (QED) is 0.699. The molecule has 0 heterocycles. The van der Waals surface area contributed by atoms with Crippen molar-refractivity contribution in [3.8, 4) is 23.6 Å². The van der Waals surface area contributed by atoms with Gasteiger partial charge in [0, 0.05) is 11.4 Å². The molecule has 2 rings (SSSR count). The summed E-state index contributed by atoms with van der Waals surface area (Å²) in [6, 6.07) is 13.1. The smallest absolute Gasteiger partial charge is 0.338 e. The van der Waals surface area contributed by atoms with Crippen molar-refractivity contribution in [2.45, 2.75) is 12.0 Å². The Morgan fingerprint density at radius 3 is 2.42 bits per heavy atom. The zero-order valence-electron chi connectivity index (χ0n) is 13.2. The van der Waals surface area contributed by atoms with E-state index in [4.69, 9.17) is 32.7 Å². The molecular weight excluding hydrogens is 382 g/mol. The molecule has 0 spiro atoms. The number of rotatable bonds is 7. The predicted octanol–water partition coefficient (Wildman–Crippen LogP) is 4.34. The molecule has 26 heavy (non-hydrogen) atoms. The summed E-state index contributed by atoms with van der Waals surface area (Å²) in [7, 11) is 0. The van der Waals surface area contributed by atoms with Gasteiger partial charge in [-0.1, -0.05) is 35.3 Å². The largest absolute Gasteiger partial charge is 0.490 e. The highest BCUT2D eigenvalue weighted by molar-refractivity contribution is 6.32. The van der Waals surface area contributed by atoms with E-state index in [2.05, 4.69) is 0 Å². The Morgan fingerprint density at radius 2 is 1.81 bits per heavy atom. The molecule has 8 heteroatoms. The number of ketones is 1. The van der Waals surface area contributed by atoms with Crippen LogP contribution in [0.15, 0.2) is 42.5 Å². The molecular formula is C18H11Cl2FN2O3. The molecule has 5 nitrogen and oxygen atoms in total. The van der Waals surface area contributed by atoms with E-state index in [1.165, 1.54) is 24.3 Å². The maximum absolute atomic E-state index is 13.6. The molecule has 0 atom stereocenters. The fourth-order valence-electron chi connectivity index (χ4n) is 1.97. The molecule has 2 aromatic carbocycles. The summed E-state index contributed by atoms with van der Waals surface area (Å²) < 4.78 is 24.1. The first-order chi connectivity index (χ1) is 12.4. The number of benzene rings is 2. The normalized spacial score (nSPS) is 10.5. The number of carbonyl (C=O) groups is 1. The fraction of sp³-hybridized carbons (Fsp3) is 0.167. The molecule has 0 aliphatic carbocycles. The third kappa shape index (κ3) is 4.43. The van der Waals surface area contributed by atoms with Gasteiger partial charge < -0.3 is 9.47 Å². The van der Waals surface area contributed by atoms with Crippen LogP contribution in [0, 0.1) is 28.5 Å². The summed E-state index contributed by atoms with van der Waals surface area (Å²) in [6.45, 7) is -0.256. The van der Waals surface area contributed by atoms with Gasteiger partial charge in [-0.2, -0.15) is 10.5 Å². The van der Waals surface area contributed by atoms with E-state index < -0.39 is 17.2 Å². The number of carbonyl (C=O) groups excluding carboxylic acids is 1. The van der Waals surface area contributed by atoms with E-state index in [0.29, 0.717) is 0 Å². The van der Waals surface area contributed by atoms with E-state index in [0.717, 1.165) is 6.07 Å². The van der Waals surface area contributed by atoms with Crippen LogP contribution in [-0.4, -0.2) is 18.0 Å². The van der Waals surface area contributed by atoms with E-state index in [-0.39, 0.29) is 34.6 Å². The fourth-order valence-corrected chi connectivity index (χ4v) is 2.30. The summed E-state index contributed by atoms with van der Waals surface area (Å²) in [5.74, 6) is -1.61. The Labute approximate surface area is 159 Å². The zero-order valence-corrected chi connectivity index (χ0v) is 14.7. The van der Waals surface area contributed by atoms with Crippen LogP contribution in [0.5, 0.6) is 11.5 Å². The van der Waals surface area contributed by atoms with Crippen molar-refractivity contribution in [1.82, 2.24) is 0 Å².